The molecule has 4 heteroatoms. The van der Waals surface area contributed by atoms with Crippen molar-refractivity contribution in [2.45, 2.75) is 40.0 Å². The topological polar surface area (TPSA) is 57.6 Å². The Kier molecular flexibility index (Phi) is 4.97. The van der Waals surface area contributed by atoms with Crippen LogP contribution in [0, 0.1) is 17.8 Å². The van der Waals surface area contributed by atoms with Gasteiger partial charge in [-0.3, -0.25) is 9.59 Å². The van der Waals surface area contributed by atoms with Crippen LogP contribution in [0.5, 0.6) is 0 Å². The first kappa shape index (κ1) is 14.0. The fourth-order valence-electron chi connectivity index (χ4n) is 2.77. The summed E-state index contributed by atoms with van der Waals surface area (Å²) in [7, 11) is 0. The first-order valence-electron chi connectivity index (χ1n) is 6.52. The van der Waals surface area contributed by atoms with Gasteiger partial charge in [-0.2, -0.15) is 0 Å². The number of aliphatic carboxylic acids is 1. The standard InChI is InChI=1S/C13H23NO3/c1-4-6-14(5-2)12(15)10-7-9(3)8-11(10)13(16)17/h9-11H,4-8H2,1-3H3,(H,16,17)/t9?,10-,11+/m0/s1. The molecule has 0 bridgehead atoms. The van der Waals surface area contributed by atoms with Gasteiger partial charge in [-0.25, -0.2) is 0 Å². The Morgan fingerprint density at radius 1 is 1.24 bits per heavy atom. The molecule has 1 aliphatic rings. The molecule has 1 unspecified atom stereocenters. The third-order valence-electron chi connectivity index (χ3n) is 3.62. The summed E-state index contributed by atoms with van der Waals surface area (Å²) in [6, 6.07) is 0. The Bertz CT molecular complexity index is 290. The Morgan fingerprint density at radius 2 is 1.82 bits per heavy atom. The Hall–Kier alpha value is -1.06. The van der Waals surface area contributed by atoms with E-state index in [2.05, 4.69) is 0 Å². The van der Waals surface area contributed by atoms with Gasteiger partial charge in [0.15, 0.2) is 0 Å². The van der Waals surface area contributed by atoms with Crippen molar-refractivity contribution >= 4 is 11.9 Å². The molecular formula is C13H23NO3. The minimum Gasteiger partial charge on any atom is -0.481 e. The summed E-state index contributed by atoms with van der Waals surface area (Å²) in [5.74, 6) is -1.24. The zero-order chi connectivity index (χ0) is 13.0. The van der Waals surface area contributed by atoms with Crippen molar-refractivity contribution in [1.82, 2.24) is 4.90 Å². The second-order valence-electron chi connectivity index (χ2n) is 5.05. The van der Waals surface area contributed by atoms with Crippen LogP contribution in [0.15, 0.2) is 0 Å². The van der Waals surface area contributed by atoms with Crippen molar-refractivity contribution in [1.29, 1.82) is 0 Å². The fraction of sp³-hybridized carbons (Fsp3) is 0.846. The molecule has 0 heterocycles. The lowest BCUT2D eigenvalue weighted by atomic mass is 9.94. The maximum Gasteiger partial charge on any atom is 0.307 e. The third-order valence-corrected chi connectivity index (χ3v) is 3.62. The summed E-state index contributed by atoms with van der Waals surface area (Å²) < 4.78 is 0. The van der Waals surface area contributed by atoms with E-state index in [-0.39, 0.29) is 11.8 Å². The number of carbonyl (C=O) groups is 2. The largest absolute Gasteiger partial charge is 0.481 e. The summed E-state index contributed by atoms with van der Waals surface area (Å²) in [5, 5.41) is 9.16. The van der Waals surface area contributed by atoms with Gasteiger partial charge < -0.3 is 10.0 Å². The summed E-state index contributed by atoms with van der Waals surface area (Å²) in [4.78, 5) is 25.2. The average Bonchev–Trinajstić information content (AvgIpc) is 2.67. The highest BCUT2D eigenvalue weighted by molar-refractivity contribution is 5.85. The van der Waals surface area contributed by atoms with E-state index < -0.39 is 11.9 Å². The quantitative estimate of drug-likeness (QED) is 0.800. The van der Waals surface area contributed by atoms with Gasteiger partial charge in [0.05, 0.1) is 11.8 Å². The molecule has 0 aliphatic heterocycles. The van der Waals surface area contributed by atoms with E-state index in [9.17, 15) is 9.59 Å². The zero-order valence-electron chi connectivity index (χ0n) is 11.0. The Labute approximate surface area is 103 Å². The van der Waals surface area contributed by atoms with Crippen molar-refractivity contribution in [3.63, 3.8) is 0 Å². The van der Waals surface area contributed by atoms with Crippen molar-refractivity contribution in [3.05, 3.63) is 0 Å². The van der Waals surface area contributed by atoms with E-state index in [0.717, 1.165) is 19.4 Å². The molecule has 1 rings (SSSR count). The molecule has 0 aromatic carbocycles. The highest BCUT2D eigenvalue weighted by Crippen LogP contribution is 2.37. The van der Waals surface area contributed by atoms with Crippen molar-refractivity contribution in [2.75, 3.05) is 13.1 Å². The number of rotatable bonds is 5. The van der Waals surface area contributed by atoms with Crippen LogP contribution in [0.1, 0.15) is 40.0 Å². The van der Waals surface area contributed by atoms with Crippen molar-refractivity contribution in [2.24, 2.45) is 17.8 Å². The minimum absolute atomic E-state index is 0.0334. The van der Waals surface area contributed by atoms with Crippen LogP contribution >= 0.6 is 0 Å². The lowest BCUT2D eigenvalue weighted by Gasteiger charge is -2.25. The molecule has 1 aliphatic carbocycles. The molecule has 1 fully saturated rings. The second-order valence-corrected chi connectivity index (χ2v) is 5.05. The first-order chi connectivity index (χ1) is 8.01. The lowest BCUT2D eigenvalue weighted by Crippen LogP contribution is -2.39. The molecule has 0 aromatic rings. The molecule has 98 valence electrons. The fourth-order valence-corrected chi connectivity index (χ4v) is 2.77. The predicted molar refractivity (Wildman–Crippen MR) is 65.6 cm³/mol. The number of carbonyl (C=O) groups excluding carboxylic acids is 1. The van der Waals surface area contributed by atoms with Crippen LogP contribution in [0.25, 0.3) is 0 Å². The summed E-state index contributed by atoms with van der Waals surface area (Å²) in [6.45, 7) is 7.40. The number of carboxylic acid groups (broad SMARTS) is 1. The van der Waals surface area contributed by atoms with E-state index in [0.29, 0.717) is 18.9 Å². The minimum atomic E-state index is -0.819. The van der Waals surface area contributed by atoms with Crippen molar-refractivity contribution < 1.29 is 14.7 Å². The van der Waals surface area contributed by atoms with Gasteiger partial charge in [-0.15, -0.1) is 0 Å². The van der Waals surface area contributed by atoms with Gasteiger partial charge >= 0.3 is 5.97 Å². The van der Waals surface area contributed by atoms with Crippen LogP contribution < -0.4 is 0 Å². The van der Waals surface area contributed by atoms with Gasteiger partial charge in [-0.05, 0) is 32.1 Å². The van der Waals surface area contributed by atoms with E-state index in [4.69, 9.17) is 5.11 Å². The molecule has 1 N–H and O–H groups in total. The third kappa shape index (κ3) is 3.20. The van der Waals surface area contributed by atoms with Crippen molar-refractivity contribution in [3.8, 4) is 0 Å². The molecule has 1 amide bonds. The second kappa shape index (κ2) is 6.03. The number of amides is 1. The summed E-state index contributed by atoms with van der Waals surface area (Å²) in [6.07, 6.45) is 2.27. The molecule has 0 aromatic heterocycles. The molecule has 1 saturated carbocycles. The normalized spacial score (nSPS) is 28.1. The number of hydrogen-bond acceptors (Lipinski definition) is 2. The van der Waals surface area contributed by atoms with E-state index in [1.54, 1.807) is 4.90 Å². The zero-order valence-corrected chi connectivity index (χ0v) is 11.0. The van der Waals surface area contributed by atoms with E-state index >= 15 is 0 Å². The number of nitrogens with zero attached hydrogens (tertiary/aromatic N) is 1. The summed E-state index contributed by atoms with van der Waals surface area (Å²) >= 11 is 0. The van der Waals surface area contributed by atoms with E-state index in [1.807, 2.05) is 20.8 Å². The smallest absolute Gasteiger partial charge is 0.307 e. The SMILES string of the molecule is CCCN(CC)C(=O)[C@H]1CC(C)C[C@H]1C(=O)O. The van der Waals surface area contributed by atoms with Gasteiger partial charge in [0.2, 0.25) is 5.91 Å². The first-order valence-corrected chi connectivity index (χ1v) is 6.52. The van der Waals surface area contributed by atoms with Gasteiger partial charge in [0.1, 0.15) is 0 Å². The molecule has 4 nitrogen and oxygen atoms in total. The van der Waals surface area contributed by atoms with Crippen LogP contribution in [0.4, 0.5) is 0 Å². The molecule has 17 heavy (non-hydrogen) atoms. The van der Waals surface area contributed by atoms with E-state index in [1.165, 1.54) is 0 Å². The van der Waals surface area contributed by atoms with Gasteiger partial charge in [0, 0.05) is 13.1 Å². The predicted octanol–water partition coefficient (Wildman–Crippen LogP) is 1.99. The number of hydrogen-bond donors (Lipinski definition) is 1. The van der Waals surface area contributed by atoms with Gasteiger partial charge in [-0.1, -0.05) is 13.8 Å². The summed E-state index contributed by atoms with van der Waals surface area (Å²) in [5.41, 5.74) is 0. The molecule has 0 spiro atoms. The van der Waals surface area contributed by atoms with Gasteiger partial charge in [0.25, 0.3) is 0 Å². The monoisotopic (exact) mass is 241 g/mol. The maximum atomic E-state index is 12.3. The lowest BCUT2D eigenvalue weighted by molar-refractivity contribution is -0.149. The Morgan fingerprint density at radius 3 is 2.29 bits per heavy atom. The highest BCUT2D eigenvalue weighted by atomic mass is 16.4. The van der Waals surface area contributed by atoms with Crippen LogP contribution in [0.2, 0.25) is 0 Å². The molecule has 0 saturated heterocycles. The number of carboxylic acids is 1. The average molecular weight is 241 g/mol. The highest BCUT2D eigenvalue weighted by Gasteiger charge is 2.42. The molecule has 3 atom stereocenters. The van der Waals surface area contributed by atoms with Crippen LogP contribution in [-0.2, 0) is 9.59 Å². The van der Waals surface area contributed by atoms with Crippen LogP contribution in [-0.4, -0.2) is 35.0 Å². The maximum absolute atomic E-state index is 12.3. The molecular weight excluding hydrogens is 218 g/mol. The van der Waals surface area contributed by atoms with Crippen LogP contribution in [0.3, 0.4) is 0 Å². The molecule has 0 radical (unpaired) electrons. The Balaban J connectivity index is 2.75.